The monoisotopic (exact) mass is 424 g/mol. The number of H-pyrrole nitrogens is 1. The first-order chi connectivity index (χ1) is 13.4. The molecule has 7 nitrogen and oxygen atoms in total. The summed E-state index contributed by atoms with van der Waals surface area (Å²) in [5, 5.41) is 1.72. The molecule has 0 amide bonds. The van der Waals surface area contributed by atoms with Crippen molar-refractivity contribution in [3.8, 4) is 0 Å². The fourth-order valence-electron chi connectivity index (χ4n) is 3.55. The van der Waals surface area contributed by atoms with Gasteiger partial charge in [-0.05, 0) is 19.4 Å². The van der Waals surface area contributed by atoms with Crippen molar-refractivity contribution in [2.45, 2.75) is 25.6 Å². The topological polar surface area (TPSA) is 80.2 Å². The van der Waals surface area contributed by atoms with E-state index in [-0.39, 0.29) is 12.1 Å². The van der Waals surface area contributed by atoms with Crippen molar-refractivity contribution in [3.63, 3.8) is 0 Å². The molecule has 28 heavy (non-hydrogen) atoms. The molecule has 0 unspecified atom stereocenters. The third-order valence-corrected chi connectivity index (χ3v) is 6.54. The predicted octanol–water partition coefficient (Wildman–Crippen LogP) is 3.32. The van der Waals surface area contributed by atoms with E-state index in [0.29, 0.717) is 44.6 Å². The Kier molecular flexibility index (Phi) is 4.88. The van der Waals surface area contributed by atoms with E-state index < -0.39 is 18.2 Å². The molecule has 1 saturated heterocycles. The van der Waals surface area contributed by atoms with Crippen LogP contribution in [0.2, 0.25) is 5.02 Å². The normalized spacial score (nSPS) is 19.9. The molecule has 3 aromatic rings. The number of esters is 1. The molecular formula is C18H18ClFN4O3S. The number of anilines is 1. The average Bonchev–Trinajstić information content (AvgIpc) is 3.29. The van der Waals surface area contributed by atoms with Gasteiger partial charge in [0.1, 0.15) is 16.6 Å². The van der Waals surface area contributed by atoms with Crippen LogP contribution >= 0.6 is 22.9 Å². The maximum absolute atomic E-state index is 15.0. The molecule has 1 N–H and O–H groups in total. The van der Waals surface area contributed by atoms with Gasteiger partial charge in [0.05, 0.1) is 30.9 Å². The minimum atomic E-state index is -1.26. The van der Waals surface area contributed by atoms with Gasteiger partial charge in [0.2, 0.25) is 0 Å². The minimum Gasteiger partial charge on any atom is -0.465 e. The Morgan fingerprint density at radius 3 is 3.00 bits per heavy atom. The summed E-state index contributed by atoms with van der Waals surface area (Å²) in [6, 6.07) is 1.17. The number of aromatic amines is 1. The number of ether oxygens (including phenoxy) is 1. The van der Waals surface area contributed by atoms with Gasteiger partial charge in [-0.15, -0.1) is 0 Å². The van der Waals surface area contributed by atoms with Gasteiger partial charge in [0.25, 0.3) is 5.56 Å². The van der Waals surface area contributed by atoms with Crippen LogP contribution in [0.25, 0.3) is 10.9 Å². The number of thiazole rings is 1. The van der Waals surface area contributed by atoms with Crippen LogP contribution in [0.5, 0.6) is 0 Å². The number of aromatic nitrogens is 3. The molecule has 0 saturated carbocycles. The summed E-state index contributed by atoms with van der Waals surface area (Å²) in [6.45, 7) is 2.40. The second kappa shape index (κ2) is 7.21. The number of methoxy groups -OCH3 is 1. The molecule has 4 rings (SSSR count). The first-order valence-electron chi connectivity index (χ1n) is 8.72. The zero-order chi connectivity index (χ0) is 20.0. The highest BCUT2D eigenvalue weighted by Gasteiger charge is 2.33. The Hall–Kier alpha value is -2.39. The van der Waals surface area contributed by atoms with Gasteiger partial charge < -0.3 is 19.2 Å². The number of hydrogen-bond donors (Lipinski definition) is 1. The molecule has 3 aromatic heterocycles. The highest BCUT2D eigenvalue weighted by Crippen LogP contribution is 2.32. The number of piperidine rings is 1. The smallest absolute Gasteiger partial charge is 0.349 e. The number of nitrogens with one attached hydrogen (secondary N) is 1. The molecule has 4 heterocycles. The van der Waals surface area contributed by atoms with E-state index >= 15 is 4.39 Å². The summed E-state index contributed by atoms with van der Waals surface area (Å²) in [5.74, 6) is -0.463. The molecule has 1 aliphatic heterocycles. The maximum Gasteiger partial charge on any atom is 0.349 e. The van der Waals surface area contributed by atoms with Gasteiger partial charge in [-0.25, -0.2) is 14.2 Å². The van der Waals surface area contributed by atoms with Crippen LogP contribution in [0.1, 0.15) is 27.8 Å². The lowest BCUT2D eigenvalue weighted by molar-refractivity contribution is 0.0606. The van der Waals surface area contributed by atoms with Crippen molar-refractivity contribution < 1.29 is 13.9 Å². The number of carbonyl (C=O) groups excluding carboxylic acids is 1. The van der Waals surface area contributed by atoms with Gasteiger partial charge in [-0.1, -0.05) is 22.9 Å². The SMILES string of the molecule is COC(=O)c1cnc(N2CC[C@@H](n3ccc4c(Cl)c(C)[nH]c4c3=O)[C@@H](F)C2)s1. The molecule has 2 atom stereocenters. The Balaban J connectivity index is 1.57. The molecule has 1 fully saturated rings. The number of rotatable bonds is 3. The summed E-state index contributed by atoms with van der Waals surface area (Å²) in [7, 11) is 1.30. The minimum absolute atomic E-state index is 0.0911. The van der Waals surface area contributed by atoms with Crippen molar-refractivity contribution in [3.05, 3.63) is 44.4 Å². The van der Waals surface area contributed by atoms with Crippen LogP contribution in [0.3, 0.4) is 0 Å². The number of fused-ring (bicyclic) bond motifs is 1. The van der Waals surface area contributed by atoms with Crippen LogP contribution in [0.15, 0.2) is 23.3 Å². The van der Waals surface area contributed by atoms with Crippen molar-refractivity contribution in [1.82, 2.24) is 14.5 Å². The predicted molar refractivity (Wildman–Crippen MR) is 107 cm³/mol. The number of halogens is 2. The molecule has 1 aliphatic rings. The zero-order valence-electron chi connectivity index (χ0n) is 15.2. The quantitative estimate of drug-likeness (QED) is 0.652. The maximum atomic E-state index is 15.0. The molecule has 0 spiro atoms. The fourth-order valence-corrected chi connectivity index (χ4v) is 4.62. The van der Waals surface area contributed by atoms with Crippen LogP contribution in [0.4, 0.5) is 9.52 Å². The van der Waals surface area contributed by atoms with Crippen molar-refractivity contribution in [2.24, 2.45) is 0 Å². The lowest BCUT2D eigenvalue weighted by Crippen LogP contribution is -2.45. The highest BCUT2D eigenvalue weighted by molar-refractivity contribution is 7.17. The molecule has 0 aliphatic carbocycles. The van der Waals surface area contributed by atoms with Crippen LogP contribution in [-0.4, -0.2) is 46.9 Å². The third kappa shape index (κ3) is 3.08. The standard InChI is InChI=1S/C18H18ClFN4O3S/c1-9-14(19)10-3-6-24(16(25)15(10)22-9)12-4-5-23(8-11(12)20)18-21-7-13(28-18)17(26)27-2/h3,6-7,11-12,22H,4-5,8H2,1-2H3/t11-,12+/m0/s1. The van der Waals surface area contributed by atoms with Crippen LogP contribution in [0, 0.1) is 6.92 Å². The average molecular weight is 425 g/mol. The molecule has 148 valence electrons. The van der Waals surface area contributed by atoms with Gasteiger partial charge in [-0.2, -0.15) is 0 Å². The van der Waals surface area contributed by atoms with E-state index in [4.69, 9.17) is 11.6 Å². The van der Waals surface area contributed by atoms with Crippen LogP contribution in [-0.2, 0) is 4.74 Å². The van der Waals surface area contributed by atoms with Gasteiger partial charge >= 0.3 is 5.97 Å². The van der Waals surface area contributed by atoms with E-state index in [1.807, 2.05) is 0 Å². The van der Waals surface area contributed by atoms with E-state index in [9.17, 15) is 9.59 Å². The lowest BCUT2D eigenvalue weighted by atomic mass is 10.0. The largest absolute Gasteiger partial charge is 0.465 e. The Morgan fingerprint density at radius 1 is 1.50 bits per heavy atom. The van der Waals surface area contributed by atoms with E-state index in [1.54, 1.807) is 24.1 Å². The first kappa shape index (κ1) is 18.9. The Bertz CT molecular complexity index is 1110. The number of aryl methyl sites for hydroxylation is 1. The van der Waals surface area contributed by atoms with E-state index in [0.717, 1.165) is 0 Å². The highest BCUT2D eigenvalue weighted by atomic mass is 35.5. The summed E-state index contributed by atoms with van der Waals surface area (Å²) in [4.78, 5) is 33.8. The number of hydrogen-bond acceptors (Lipinski definition) is 6. The van der Waals surface area contributed by atoms with Crippen molar-refractivity contribution >= 4 is 44.9 Å². The number of alkyl halides is 1. The molecule has 10 heteroatoms. The Morgan fingerprint density at radius 2 is 2.29 bits per heavy atom. The van der Waals surface area contributed by atoms with Gasteiger partial charge in [0.15, 0.2) is 5.13 Å². The summed E-state index contributed by atoms with van der Waals surface area (Å²) >= 11 is 7.37. The van der Waals surface area contributed by atoms with Gasteiger partial charge in [-0.3, -0.25) is 4.79 Å². The van der Waals surface area contributed by atoms with Crippen LogP contribution < -0.4 is 10.5 Å². The molecule has 0 radical (unpaired) electrons. The van der Waals surface area contributed by atoms with Crippen molar-refractivity contribution in [2.75, 3.05) is 25.1 Å². The number of carbonyl (C=O) groups is 1. The summed E-state index contributed by atoms with van der Waals surface area (Å²) in [5.41, 5.74) is 0.821. The lowest BCUT2D eigenvalue weighted by Gasteiger charge is -2.35. The van der Waals surface area contributed by atoms with Gasteiger partial charge in [0, 0.05) is 23.8 Å². The Labute approximate surface area is 168 Å². The summed E-state index contributed by atoms with van der Waals surface area (Å²) < 4.78 is 21.1. The van der Waals surface area contributed by atoms with E-state index in [2.05, 4.69) is 14.7 Å². The summed E-state index contributed by atoms with van der Waals surface area (Å²) in [6.07, 6.45) is 2.21. The van der Waals surface area contributed by atoms with E-state index in [1.165, 1.54) is 29.2 Å². The number of pyridine rings is 1. The fraction of sp³-hybridized carbons (Fsp3) is 0.389. The van der Waals surface area contributed by atoms with Crippen molar-refractivity contribution in [1.29, 1.82) is 0 Å². The molecule has 0 bridgehead atoms. The first-order valence-corrected chi connectivity index (χ1v) is 9.92. The second-order valence-corrected chi connectivity index (χ2v) is 8.08. The molecule has 0 aromatic carbocycles. The third-order valence-electron chi connectivity index (χ3n) is 5.01. The zero-order valence-corrected chi connectivity index (χ0v) is 16.8. The number of nitrogens with zero attached hydrogens (tertiary/aromatic N) is 3. The second-order valence-electron chi connectivity index (χ2n) is 6.70. The molecular weight excluding hydrogens is 407 g/mol.